The van der Waals surface area contributed by atoms with Crippen LogP contribution in [0.4, 0.5) is 0 Å². The van der Waals surface area contributed by atoms with Crippen molar-refractivity contribution in [2.24, 2.45) is 10.9 Å². The Kier molecular flexibility index (Phi) is 11.3. The van der Waals surface area contributed by atoms with Gasteiger partial charge in [0.05, 0.1) is 13.2 Å². The fourth-order valence-corrected chi connectivity index (χ4v) is 1.91. The van der Waals surface area contributed by atoms with Crippen molar-refractivity contribution in [3.05, 3.63) is 35.9 Å². The highest BCUT2D eigenvalue weighted by atomic mass is 127. The minimum absolute atomic E-state index is 0. The van der Waals surface area contributed by atoms with Crippen LogP contribution in [0.5, 0.6) is 0 Å². The molecule has 4 nitrogen and oxygen atoms in total. The molecule has 0 saturated carbocycles. The highest BCUT2D eigenvalue weighted by Gasteiger charge is 2.12. The zero-order valence-corrected chi connectivity index (χ0v) is 17.4. The van der Waals surface area contributed by atoms with E-state index in [1.165, 1.54) is 5.56 Å². The molecule has 23 heavy (non-hydrogen) atoms. The van der Waals surface area contributed by atoms with E-state index in [1.807, 2.05) is 18.2 Å². The number of guanidine groups is 1. The second kappa shape index (κ2) is 11.7. The number of nitrogens with zero attached hydrogens (tertiary/aromatic N) is 1. The first kappa shape index (κ1) is 22.2. The maximum atomic E-state index is 5.76. The predicted molar refractivity (Wildman–Crippen MR) is 110 cm³/mol. The van der Waals surface area contributed by atoms with Crippen molar-refractivity contribution in [2.75, 3.05) is 19.7 Å². The van der Waals surface area contributed by atoms with Crippen LogP contribution in [0.15, 0.2) is 35.3 Å². The molecule has 0 aliphatic rings. The molecule has 0 saturated heterocycles. The van der Waals surface area contributed by atoms with Gasteiger partial charge in [-0.15, -0.1) is 24.0 Å². The number of ether oxygens (including phenoxy) is 1. The molecule has 0 heterocycles. The molecule has 1 rings (SSSR count). The van der Waals surface area contributed by atoms with E-state index in [0.717, 1.165) is 19.0 Å². The van der Waals surface area contributed by atoms with E-state index < -0.39 is 0 Å². The van der Waals surface area contributed by atoms with Gasteiger partial charge in [-0.05, 0) is 39.2 Å². The molecule has 0 aromatic heterocycles. The number of hydrogen-bond donors (Lipinski definition) is 2. The molecule has 1 aromatic carbocycles. The van der Waals surface area contributed by atoms with Crippen molar-refractivity contribution in [1.82, 2.24) is 10.6 Å². The smallest absolute Gasteiger partial charge is 0.191 e. The van der Waals surface area contributed by atoms with Crippen molar-refractivity contribution >= 4 is 29.9 Å². The molecule has 5 heteroatoms. The van der Waals surface area contributed by atoms with Gasteiger partial charge in [0.1, 0.15) is 0 Å². The second-order valence-corrected chi connectivity index (χ2v) is 6.70. The molecule has 132 valence electrons. The molecule has 0 aliphatic heterocycles. The number of hydrogen-bond acceptors (Lipinski definition) is 2. The van der Waals surface area contributed by atoms with E-state index in [0.29, 0.717) is 19.1 Å². The third kappa shape index (κ3) is 11.4. The van der Waals surface area contributed by atoms with Gasteiger partial charge in [0.2, 0.25) is 0 Å². The van der Waals surface area contributed by atoms with Crippen LogP contribution in [0.25, 0.3) is 0 Å². The Balaban J connectivity index is 0.00000484. The lowest BCUT2D eigenvalue weighted by atomic mass is 10.1. The van der Waals surface area contributed by atoms with Crippen LogP contribution >= 0.6 is 24.0 Å². The highest BCUT2D eigenvalue weighted by Crippen LogP contribution is 2.04. The van der Waals surface area contributed by atoms with Gasteiger partial charge < -0.3 is 15.4 Å². The average Bonchev–Trinajstić information content (AvgIpc) is 2.45. The summed E-state index contributed by atoms with van der Waals surface area (Å²) >= 11 is 0. The first-order chi connectivity index (χ1) is 10.4. The molecule has 0 aliphatic carbocycles. The minimum Gasteiger partial charge on any atom is -0.376 e. The topological polar surface area (TPSA) is 45.7 Å². The fraction of sp³-hybridized carbons (Fsp3) is 0.611. The second-order valence-electron chi connectivity index (χ2n) is 6.70. The summed E-state index contributed by atoms with van der Waals surface area (Å²) in [6, 6.07) is 10.3. The van der Waals surface area contributed by atoms with Crippen molar-refractivity contribution in [3.63, 3.8) is 0 Å². The van der Waals surface area contributed by atoms with Crippen LogP contribution in [0, 0.1) is 5.92 Å². The van der Waals surface area contributed by atoms with E-state index >= 15 is 0 Å². The van der Waals surface area contributed by atoms with Crippen LogP contribution in [0.2, 0.25) is 0 Å². The van der Waals surface area contributed by atoms with Crippen molar-refractivity contribution in [3.8, 4) is 0 Å². The van der Waals surface area contributed by atoms with Gasteiger partial charge in [0.15, 0.2) is 5.96 Å². The molecule has 0 spiro atoms. The van der Waals surface area contributed by atoms with Crippen molar-refractivity contribution in [2.45, 2.75) is 46.8 Å². The monoisotopic (exact) mass is 433 g/mol. The number of rotatable bonds is 7. The summed E-state index contributed by atoms with van der Waals surface area (Å²) in [7, 11) is 0. The summed E-state index contributed by atoms with van der Waals surface area (Å²) in [6.45, 7) is 13.6. The summed E-state index contributed by atoms with van der Waals surface area (Å²) in [4.78, 5) is 4.64. The van der Waals surface area contributed by atoms with Gasteiger partial charge in [-0.1, -0.05) is 37.3 Å². The lowest BCUT2D eigenvalue weighted by Gasteiger charge is -2.24. The van der Waals surface area contributed by atoms with Crippen LogP contribution < -0.4 is 10.6 Å². The lowest BCUT2D eigenvalue weighted by Crippen LogP contribution is -2.47. The largest absolute Gasteiger partial charge is 0.376 e. The standard InChI is InChI=1S/C18H31N3O.HI/c1-6-19-17(21-18(3,4)5)20-12-15(2)13-22-14-16-10-8-7-9-11-16;/h7-11,15H,6,12-14H2,1-5H3,(H2,19,20,21);1H. The Hall–Kier alpha value is -0.820. The normalized spacial score (nSPS) is 13.2. The van der Waals surface area contributed by atoms with Gasteiger partial charge >= 0.3 is 0 Å². The third-order valence-electron chi connectivity index (χ3n) is 2.91. The third-order valence-corrected chi connectivity index (χ3v) is 2.91. The Morgan fingerprint density at radius 2 is 1.87 bits per heavy atom. The van der Waals surface area contributed by atoms with Crippen LogP contribution in [0.1, 0.15) is 40.2 Å². The van der Waals surface area contributed by atoms with E-state index in [-0.39, 0.29) is 29.5 Å². The maximum Gasteiger partial charge on any atom is 0.191 e. The highest BCUT2D eigenvalue weighted by molar-refractivity contribution is 14.0. The SMILES string of the molecule is CCNC(=NCC(C)COCc1ccccc1)NC(C)(C)C.I. The molecular weight excluding hydrogens is 401 g/mol. The zero-order valence-electron chi connectivity index (χ0n) is 15.1. The number of halogens is 1. The summed E-state index contributed by atoms with van der Waals surface area (Å²) in [6.07, 6.45) is 0. The molecule has 1 atom stereocenters. The van der Waals surface area contributed by atoms with Gasteiger partial charge in [-0.25, -0.2) is 0 Å². The van der Waals surface area contributed by atoms with Crippen LogP contribution in [0.3, 0.4) is 0 Å². The molecule has 1 unspecified atom stereocenters. The lowest BCUT2D eigenvalue weighted by molar-refractivity contribution is 0.0944. The molecule has 2 N–H and O–H groups in total. The molecule has 0 amide bonds. The van der Waals surface area contributed by atoms with Gasteiger partial charge in [0.25, 0.3) is 0 Å². The summed E-state index contributed by atoms with van der Waals surface area (Å²) in [5.74, 6) is 1.25. The minimum atomic E-state index is 0. The summed E-state index contributed by atoms with van der Waals surface area (Å²) < 4.78 is 5.76. The Bertz CT molecular complexity index is 443. The zero-order chi connectivity index (χ0) is 16.4. The Labute approximate surface area is 158 Å². The van der Waals surface area contributed by atoms with Crippen molar-refractivity contribution in [1.29, 1.82) is 0 Å². The molecule has 0 bridgehead atoms. The van der Waals surface area contributed by atoms with E-state index in [1.54, 1.807) is 0 Å². The molecule has 1 aromatic rings. The average molecular weight is 433 g/mol. The van der Waals surface area contributed by atoms with Gasteiger partial charge in [0, 0.05) is 18.6 Å². The van der Waals surface area contributed by atoms with Gasteiger partial charge in [-0.3, -0.25) is 4.99 Å². The quantitative estimate of drug-likeness (QED) is 0.391. The molecule has 0 fully saturated rings. The maximum absolute atomic E-state index is 5.76. The first-order valence-electron chi connectivity index (χ1n) is 8.09. The number of nitrogens with one attached hydrogen (secondary N) is 2. The van der Waals surface area contributed by atoms with E-state index in [9.17, 15) is 0 Å². The first-order valence-corrected chi connectivity index (χ1v) is 8.09. The van der Waals surface area contributed by atoms with Gasteiger partial charge in [-0.2, -0.15) is 0 Å². The summed E-state index contributed by atoms with van der Waals surface area (Å²) in [5.41, 5.74) is 1.22. The predicted octanol–water partition coefficient (Wildman–Crippen LogP) is 3.81. The van der Waals surface area contributed by atoms with Crippen molar-refractivity contribution < 1.29 is 4.74 Å². The summed E-state index contributed by atoms with van der Waals surface area (Å²) in [5, 5.41) is 6.67. The van der Waals surface area contributed by atoms with Crippen LogP contribution in [-0.4, -0.2) is 31.2 Å². The van der Waals surface area contributed by atoms with E-state index in [2.05, 4.69) is 62.4 Å². The Morgan fingerprint density at radius 1 is 1.22 bits per heavy atom. The van der Waals surface area contributed by atoms with Crippen LogP contribution in [-0.2, 0) is 11.3 Å². The number of benzene rings is 1. The van der Waals surface area contributed by atoms with E-state index in [4.69, 9.17) is 4.74 Å². The fourth-order valence-electron chi connectivity index (χ4n) is 1.91. The number of aliphatic imine (C=N–C) groups is 1. The molecule has 0 radical (unpaired) electrons. The Morgan fingerprint density at radius 3 is 2.43 bits per heavy atom. The molecular formula is C18H32IN3O.